The summed E-state index contributed by atoms with van der Waals surface area (Å²) < 4.78 is 26.7. The van der Waals surface area contributed by atoms with Gasteiger partial charge in [0.2, 0.25) is 0 Å². The largest absolute Gasteiger partial charge is 0.465 e. The number of esters is 4. The van der Waals surface area contributed by atoms with Gasteiger partial charge >= 0.3 is 23.9 Å². The Morgan fingerprint density at radius 1 is 0.195 bits per heavy atom. The summed E-state index contributed by atoms with van der Waals surface area (Å²) in [4.78, 5) is 67.7. The van der Waals surface area contributed by atoms with Crippen molar-refractivity contribution in [3.05, 3.63) is 44.5 Å². The highest BCUT2D eigenvalue weighted by Crippen LogP contribution is 3.00. The molecule has 24 aromatic rings. The van der Waals surface area contributed by atoms with Crippen molar-refractivity contribution in [1.82, 2.24) is 0 Å². The molecule has 2 saturated carbocycles. The zero-order valence-corrected chi connectivity index (χ0v) is 43.1. The lowest BCUT2D eigenvalue weighted by Gasteiger charge is -2.32. The van der Waals surface area contributed by atoms with Crippen molar-refractivity contribution in [2.24, 2.45) is 10.8 Å². The molecule has 82 heavy (non-hydrogen) atoms. The van der Waals surface area contributed by atoms with Gasteiger partial charge in [0.05, 0.1) is 48.1 Å². The van der Waals surface area contributed by atoms with Crippen LogP contribution in [0.3, 0.4) is 0 Å². The molecule has 2 fully saturated rings. The minimum Gasteiger partial charge on any atom is -0.465 e. The van der Waals surface area contributed by atoms with Crippen LogP contribution in [-0.4, -0.2) is 50.3 Å². The van der Waals surface area contributed by atoms with Gasteiger partial charge in [0, 0.05) is 0 Å². The lowest BCUT2D eigenvalue weighted by Crippen LogP contribution is -2.38. The third-order valence-electron chi connectivity index (χ3n) is 28.6. The zero-order valence-electron chi connectivity index (χ0n) is 43.1. The molecule has 4 atom stereocenters. The molecule has 0 aromatic heterocycles. The average molecular weight is 1040 g/mol. The second-order valence-corrected chi connectivity index (χ2v) is 28.4. The number of rotatable bonds is 8. The molecule has 0 N–H and O–H groups in total. The molecule has 0 aliphatic heterocycles. The third kappa shape index (κ3) is 1.73. The Balaban J connectivity index is 1.09. The summed E-state index contributed by atoms with van der Waals surface area (Å²) in [6.07, 6.45) is 0. The molecule has 34 rings (SSSR count). The predicted octanol–water partition coefficient (Wildman–Crippen LogP) is 15.1. The van der Waals surface area contributed by atoms with Crippen molar-refractivity contribution in [1.29, 1.82) is 0 Å². The minimum atomic E-state index is -1.83. The Morgan fingerprint density at radius 2 is 0.293 bits per heavy atom. The highest BCUT2D eigenvalue weighted by Gasteiger charge is 3.04. The Hall–Kier alpha value is -9.40. The van der Waals surface area contributed by atoms with Crippen LogP contribution in [0.2, 0.25) is 0 Å². The van der Waals surface area contributed by atoms with Gasteiger partial charge in [-0.25, -0.2) is 0 Å². The van der Waals surface area contributed by atoms with Crippen LogP contribution in [0.1, 0.15) is 72.2 Å². The van der Waals surface area contributed by atoms with Gasteiger partial charge in [0.25, 0.3) is 0 Å². The summed E-state index contributed by atoms with van der Waals surface area (Å²) in [7, 11) is 0. The van der Waals surface area contributed by atoms with E-state index in [1.54, 1.807) is 0 Å². The lowest BCUT2D eigenvalue weighted by molar-refractivity contribution is -0.167. The van der Waals surface area contributed by atoms with Crippen LogP contribution >= 0.6 is 0 Å². The van der Waals surface area contributed by atoms with Crippen molar-refractivity contribution in [2.45, 2.75) is 49.4 Å². The van der Waals surface area contributed by atoms with E-state index in [-0.39, 0.29) is 26.4 Å². The van der Waals surface area contributed by atoms with Gasteiger partial charge in [-0.15, -0.1) is 0 Å². The summed E-state index contributed by atoms with van der Waals surface area (Å²) in [5.74, 6) is -1.94. The molecule has 0 bridgehead atoms. The van der Waals surface area contributed by atoms with E-state index in [1.165, 1.54) is 259 Å². The summed E-state index contributed by atoms with van der Waals surface area (Å²) in [5, 5.41) is 62.4. The standard InChI is InChI=1S/C74H20O8/c1-5-79-65(75)73(66(76)80-6-2)69-57-41-29-17-9-10-14-11-15-23-31(19(11)17)43(41)59(69)49-37(23)28-36-26(15)34-22(14)30-18(10)20-12-13(9)21(29)33-25-16(12)24-32(20)44-42(30)58-46(34)48(36)62-54-39(28)51(49)63-55-53-40-27(35(25)47(45(33)57)61(53)71(63,69)73)38(24)50-52(40)64(56(54)55)72(62)70(58,60(44)50)74(72,67(77)81-7-3)68(78)82-8-4/h5-8H2,1-4H3. The molecule has 4 spiro atoms. The Kier molecular flexibility index (Phi) is 3.21. The van der Waals surface area contributed by atoms with E-state index in [0.29, 0.717) is 0 Å². The fraction of sp³-hybridized carbons (Fsp3) is 0.189. The number of hydrogen-bond donors (Lipinski definition) is 0. The van der Waals surface area contributed by atoms with Gasteiger partial charge in [-0.1, -0.05) is 0 Å². The molecular formula is C74H20O8. The Morgan fingerprint density at radius 3 is 0.415 bits per heavy atom. The van der Waals surface area contributed by atoms with E-state index in [4.69, 9.17) is 18.9 Å². The summed E-state index contributed by atoms with van der Waals surface area (Å²) in [6.45, 7) is 8.01. The van der Waals surface area contributed by atoms with Crippen molar-refractivity contribution in [2.75, 3.05) is 26.4 Å². The predicted molar refractivity (Wildman–Crippen MR) is 318 cm³/mol. The molecule has 8 heteroatoms. The Labute approximate surface area is 449 Å². The second kappa shape index (κ2) is 7.75. The van der Waals surface area contributed by atoms with Gasteiger partial charge in [-0.05, 0) is 331 Å². The van der Waals surface area contributed by atoms with E-state index in [2.05, 4.69) is 0 Å². The monoisotopic (exact) mass is 1040 g/mol. The number of carbonyl (C=O) groups is 4. The molecule has 24 aromatic carbocycles. The van der Waals surface area contributed by atoms with Crippen LogP contribution < -0.4 is 0 Å². The van der Waals surface area contributed by atoms with Crippen LogP contribution in [0.25, 0.3) is 259 Å². The van der Waals surface area contributed by atoms with Gasteiger partial charge in [-0.3, -0.25) is 19.2 Å². The highest BCUT2D eigenvalue weighted by atomic mass is 16.6. The average Bonchev–Trinajstić information content (AvgIpc) is 1.35. The first-order chi connectivity index (χ1) is 40.4. The maximum atomic E-state index is 16.9. The molecule has 364 valence electrons. The first-order valence-electron chi connectivity index (χ1n) is 30.1. The van der Waals surface area contributed by atoms with Crippen LogP contribution in [0.5, 0.6) is 0 Å². The molecule has 8 nitrogen and oxygen atoms in total. The van der Waals surface area contributed by atoms with Crippen molar-refractivity contribution >= 4 is 282 Å². The van der Waals surface area contributed by atoms with E-state index < -0.39 is 56.4 Å². The lowest BCUT2D eigenvalue weighted by atomic mass is 9.67. The van der Waals surface area contributed by atoms with E-state index in [9.17, 15) is 0 Å². The molecule has 0 saturated heterocycles. The normalized spacial score (nSPS) is 26.1. The van der Waals surface area contributed by atoms with E-state index in [1.807, 2.05) is 27.7 Å². The van der Waals surface area contributed by atoms with E-state index in [0.717, 1.165) is 44.2 Å². The topological polar surface area (TPSA) is 105 Å². The molecule has 4 unspecified atom stereocenters. The van der Waals surface area contributed by atoms with Crippen molar-refractivity contribution in [3.8, 4) is 0 Å². The molecule has 0 radical (unpaired) electrons. The Bertz CT molecular complexity index is 7370. The maximum Gasteiger partial charge on any atom is 0.326 e. The fourth-order valence-electron chi connectivity index (χ4n) is 29.0. The molecular weight excluding hydrogens is 1020 g/mol. The smallest absolute Gasteiger partial charge is 0.326 e. The van der Waals surface area contributed by atoms with Gasteiger partial charge in [-0.2, -0.15) is 0 Å². The molecule has 0 amide bonds. The maximum absolute atomic E-state index is 16.9. The summed E-state index contributed by atoms with van der Waals surface area (Å²) in [5.41, 5.74) is 0.598. The highest BCUT2D eigenvalue weighted by molar-refractivity contribution is 6.79. The number of benzene rings is 16. The molecule has 10 aliphatic rings. The van der Waals surface area contributed by atoms with Gasteiger partial charge in [0.15, 0.2) is 10.8 Å². The van der Waals surface area contributed by atoms with E-state index >= 15 is 19.2 Å². The van der Waals surface area contributed by atoms with Crippen LogP contribution in [0, 0.1) is 10.8 Å². The van der Waals surface area contributed by atoms with Crippen LogP contribution in [0.4, 0.5) is 0 Å². The fourth-order valence-corrected chi connectivity index (χ4v) is 29.0. The van der Waals surface area contributed by atoms with Gasteiger partial charge in [0.1, 0.15) is 0 Å². The number of carbonyl (C=O) groups excluding carboxylic acids is 4. The number of hydrogen-bond acceptors (Lipinski definition) is 8. The zero-order chi connectivity index (χ0) is 51.3. The minimum absolute atomic E-state index is 0.114. The second-order valence-electron chi connectivity index (χ2n) is 28.4. The first-order valence-corrected chi connectivity index (χ1v) is 30.1. The molecule has 0 heterocycles. The van der Waals surface area contributed by atoms with Crippen LogP contribution in [-0.2, 0) is 59.8 Å². The van der Waals surface area contributed by atoms with Gasteiger partial charge < -0.3 is 18.9 Å². The number of ether oxygens (including phenoxy) is 4. The quantitative estimate of drug-likeness (QED) is 0.0641. The SMILES string of the molecule is CCOC(=O)C1(C(=O)OCC)C23c4c5c6c7c8c9c%10c%11c%12c%13c%14c%15c(c6c6c4c4c%16c%17c%18c(c%19c%20c2c5c8c2c%20c5c%19c8c%18c%18c%19c%17c%17c4c6c%15c4c%14c6c%12c%12c%14c%11c(c92)c5c%14c8c%18c%12c6c%19c4%17)C%1613)C71C(C(=O)OCC)(C(=O)OCC)C%10%131. The first kappa shape index (κ1) is 34.0. The van der Waals surface area contributed by atoms with Crippen LogP contribution in [0.15, 0.2) is 0 Å². The van der Waals surface area contributed by atoms with Crippen molar-refractivity contribution < 1.29 is 38.1 Å². The third-order valence-corrected chi connectivity index (χ3v) is 28.6. The van der Waals surface area contributed by atoms with Crippen molar-refractivity contribution in [3.63, 3.8) is 0 Å². The molecule has 10 aliphatic carbocycles. The summed E-state index contributed by atoms with van der Waals surface area (Å²) in [6, 6.07) is 0. The summed E-state index contributed by atoms with van der Waals surface area (Å²) >= 11 is 0.